The molecule has 0 bridgehead atoms. The molecule has 1 saturated heterocycles. The average molecular weight is 469 g/mol. The van der Waals surface area contributed by atoms with Gasteiger partial charge >= 0.3 is 0 Å². The van der Waals surface area contributed by atoms with Crippen LogP contribution in [0.15, 0.2) is 46.2 Å². The highest BCUT2D eigenvalue weighted by molar-refractivity contribution is 7.92. The zero-order valence-electron chi connectivity index (χ0n) is 17.9. The molecule has 3 rings (SSSR count). The highest BCUT2D eigenvalue weighted by Crippen LogP contribution is 2.31. The fraction of sp³-hybridized carbons (Fsp3) is 0.429. The van der Waals surface area contributed by atoms with Gasteiger partial charge in [-0.15, -0.1) is 0 Å². The van der Waals surface area contributed by atoms with Crippen molar-refractivity contribution in [1.29, 1.82) is 0 Å². The van der Waals surface area contributed by atoms with Crippen molar-refractivity contribution in [3.63, 3.8) is 0 Å². The van der Waals surface area contributed by atoms with Crippen molar-refractivity contribution in [2.75, 3.05) is 32.0 Å². The van der Waals surface area contributed by atoms with Gasteiger partial charge in [0, 0.05) is 19.2 Å². The lowest BCUT2D eigenvalue weighted by Gasteiger charge is -2.21. The van der Waals surface area contributed by atoms with E-state index in [0.717, 1.165) is 25.7 Å². The van der Waals surface area contributed by atoms with Crippen LogP contribution >= 0.6 is 0 Å². The first-order chi connectivity index (χ1) is 14.7. The molecule has 0 radical (unpaired) electrons. The molecule has 10 heteroatoms. The van der Waals surface area contributed by atoms with Crippen LogP contribution in [0.5, 0.6) is 11.5 Å². The van der Waals surface area contributed by atoms with Crippen LogP contribution in [0.2, 0.25) is 0 Å². The Morgan fingerprint density at radius 3 is 2.13 bits per heavy atom. The third-order valence-electron chi connectivity index (χ3n) is 5.28. The van der Waals surface area contributed by atoms with Gasteiger partial charge in [0.2, 0.25) is 10.0 Å². The molecule has 0 saturated carbocycles. The van der Waals surface area contributed by atoms with Gasteiger partial charge in [-0.25, -0.2) is 16.8 Å². The minimum atomic E-state index is -4.06. The second kappa shape index (κ2) is 9.46. The summed E-state index contributed by atoms with van der Waals surface area (Å²) in [5.41, 5.74) is 0.718. The quantitative estimate of drug-likeness (QED) is 0.668. The number of nitrogens with zero attached hydrogens (tertiary/aromatic N) is 1. The Balaban J connectivity index is 1.97. The standard InChI is InChI=1S/C21H28N2O6S2/c1-16-8-9-17(14-20(16)31(26,27)23-12-6-4-5-7-13-23)22-30(24,25)21-15-18(28-2)10-11-19(21)29-3/h8-11,14-15,22H,4-7,12-13H2,1-3H3. The Kier molecular flexibility index (Phi) is 7.13. The molecular formula is C21H28N2O6S2. The summed E-state index contributed by atoms with van der Waals surface area (Å²) in [6.07, 6.45) is 3.65. The largest absolute Gasteiger partial charge is 0.497 e. The van der Waals surface area contributed by atoms with Crippen LogP contribution in [0.25, 0.3) is 0 Å². The summed E-state index contributed by atoms with van der Waals surface area (Å²) >= 11 is 0. The van der Waals surface area contributed by atoms with Gasteiger partial charge in [-0.05, 0) is 49.6 Å². The Hall–Kier alpha value is -2.30. The number of hydrogen-bond acceptors (Lipinski definition) is 6. The van der Waals surface area contributed by atoms with Crippen LogP contribution in [-0.2, 0) is 20.0 Å². The van der Waals surface area contributed by atoms with E-state index in [4.69, 9.17) is 9.47 Å². The number of ether oxygens (including phenoxy) is 2. The van der Waals surface area contributed by atoms with E-state index in [1.54, 1.807) is 25.1 Å². The zero-order valence-corrected chi connectivity index (χ0v) is 19.6. The summed E-state index contributed by atoms with van der Waals surface area (Å²) in [7, 11) is -4.98. The molecule has 1 N–H and O–H groups in total. The molecule has 2 aromatic rings. The van der Waals surface area contributed by atoms with E-state index in [1.807, 2.05) is 0 Å². The fourth-order valence-corrected chi connectivity index (χ4v) is 6.57. The number of rotatable bonds is 7. The predicted molar refractivity (Wildman–Crippen MR) is 119 cm³/mol. The Morgan fingerprint density at radius 1 is 0.839 bits per heavy atom. The van der Waals surface area contributed by atoms with Crippen LogP contribution in [-0.4, -0.2) is 48.4 Å². The van der Waals surface area contributed by atoms with E-state index in [2.05, 4.69) is 4.72 Å². The summed E-state index contributed by atoms with van der Waals surface area (Å²) in [5, 5.41) is 0. The lowest BCUT2D eigenvalue weighted by molar-refractivity contribution is 0.392. The molecule has 8 nitrogen and oxygen atoms in total. The summed E-state index contributed by atoms with van der Waals surface area (Å²) in [5.74, 6) is 0.507. The molecule has 1 heterocycles. The van der Waals surface area contributed by atoms with Crippen molar-refractivity contribution in [3.8, 4) is 11.5 Å². The molecule has 1 fully saturated rings. The van der Waals surface area contributed by atoms with Crippen LogP contribution in [0.3, 0.4) is 0 Å². The smallest absolute Gasteiger partial charge is 0.265 e. The molecule has 0 unspecified atom stereocenters. The van der Waals surface area contributed by atoms with Crippen molar-refractivity contribution < 1.29 is 26.3 Å². The van der Waals surface area contributed by atoms with Crippen LogP contribution in [0.4, 0.5) is 5.69 Å². The SMILES string of the molecule is COc1ccc(OC)c(S(=O)(=O)Nc2ccc(C)c(S(=O)(=O)N3CCCCCC3)c2)c1. The second-order valence-electron chi connectivity index (χ2n) is 7.42. The third kappa shape index (κ3) is 5.13. The monoisotopic (exact) mass is 468 g/mol. The first-order valence-electron chi connectivity index (χ1n) is 10.0. The Labute approximate surface area is 184 Å². The third-order valence-corrected chi connectivity index (χ3v) is 8.73. The highest BCUT2D eigenvalue weighted by Gasteiger charge is 2.28. The minimum absolute atomic E-state index is 0.104. The molecule has 1 aliphatic heterocycles. The van der Waals surface area contributed by atoms with E-state index in [1.165, 1.54) is 36.7 Å². The Morgan fingerprint density at radius 2 is 1.52 bits per heavy atom. The molecule has 31 heavy (non-hydrogen) atoms. The van der Waals surface area contributed by atoms with Gasteiger partial charge in [-0.2, -0.15) is 4.31 Å². The van der Waals surface area contributed by atoms with Crippen molar-refractivity contribution in [2.45, 2.75) is 42.4 Å². The van der Waals surface area contributed by atoms with E-state index in [-0.39, 0.29) is 21.2 Å². The topological polar surface area (TPSA) is 102 Å². The normalized spacial score (nSPS) is 15.8. The number of sulfonamides is 2. The van der Waals surface area contributed by atoms with Gasteiger partial charge in [-0.3, -0.25) is 4.72 Å². The average Bonchev–Trinajstić information content (AvgIpc) is 3.04. The molecule has 0 spiro atoms. The molecule has 1 aliphatic rings. The van der Waals surface area contributed by atoms with Crippen molar-refractivity contribution >= 4 is 25.7 Å². The first kappa shape index (κ1) is 23.4. The number of anilines is 1. The van der Waals surface area contributed by atoms with Crippen molar-refractivity contribution in [3.05, 3.63) is 42.0 Å². The lowest BCUT2D eigenvalue weighted by atomic mass is 10.2. The summed E-state index contributed by atoms with van der Waals surface area (Å²) in [6, 6.07) is 8.96. The molecule has 0 aliphatic carbocycles. The van der Waals surface area contributed by atoms with Crippen molar-refractivity contribution in [1.82, 2.24) is 4.31 Å². The molecule has 2 aromatic carbocycles. The van der Waals surface area contributed by atoms with Gasteiger partial charge in [-0.1, -0.05) is 18.9 Å². The molecule has 0 aromatic heterocycles. The molecular weight excluding hydrogens is 440 g/mol. The molecule has 170 valence electrons. The van der Waals surface area contributed by atoms with Crippen LogP contribution in [0.1, 0.15) is 31.2 Å². The fourth-order valence-electron chi connectivity index (χ4n) is 3.57. The van der Waals surface area contributed by atoms with Gasteiger partial charge in [0.15, 0.2) is 0 Å². The maximum atomic E-state index is 13.2. The summed E-state index contributed by atoms with van der Waals surface area (Å²) in [4.78, 5) is -0.000873. The zero-order chi connectivity index (χ0) is 22.6. The number of methoxy groups -OCH3 is 2. The van der Waals surface area contributed by atoms with Crippen LogP contribution in [0, 0.1) is 6.92 Å². The minimum Gasteiger partial charge on any atom is -0.497 e. The van der Waals surface area contributed by atoms with E-state index in [9.17, 15) is 16.8 Å². The highest BCUT2D eigenvalue weighted by atomic mass is 32.2. The van der Waals surface area contributed by atoms with Gasteiger partial charge in [0.25, 0.3) is 10.0 Å². The maximum absolute atomic E-state index is 13.2. The maximum Gasteiger partial charge on any atom is 0.265 e. The second-order valence-corrected chi connectivity index (χ2v) is 11.0. The van der Waals surface area contributed by atoms with E-state index < -0.39 is 20.0 Å². The van der Waals surface area contributed by atoms with Crippen molar-refractivity contribution in [2.24, 2.45) is 0 Å². The van der Waals surface area contributed by atoms with E-state index in [0.29, 0.717) is 24.4 Å². The van der Waals surface area contributed by atoms with Gasteiger partial charge in [0.05, 0.1) is 24.8 Å². The summed E-state index contributed by atoms with van der Waals surface area (Å²) < 4.78 is 66.8. The lowest BCUT2D eigenvalue weighted by Crippen LogP contribution is -2.32. The van der Waals surface area contributed by atoms with Crippen LogP contribution < -0.4 is 14.2 Å². The number of hydrogen-bond donors (Lipinski definition) is 1. The Bertz CT molecular complexity index is 1140. The molecule has 0 amide bonds. The number of benzene rings is 2. The van der Waals surface area contributed by atoms with E-state index >= 15 is 0 Å². The number of aryl methyl sites for hydroxylation is 1. The molecule has 0 atom stereocenters. The van der Waals surface area contributed by atoms with Gasteiger partial charge < -0.3 is 9.47 Å². The number of nitrogens with one attached hydrogen (secondary N) is 1. The van der Waals surface area contributed by atoms with Gasteiger partial charge in [0.1, 0.15) is 16.4 Å². The first-order valence-corrected chi connectivity index (χ1v) is 13.0. The summed E-state index contributed by atoms with van der Waals surface area (Å²) in [6.45, 7) is 2.64. The predicted octanol–water partition coefficient (Wildman–Crippen LogP) is 3.38.